The normalized spacial score (nSPS) is 11.6. The summed E-state index contributed by atoms with van der Waals surface area (Å²) in [6, 6.07) is 3.15. The highest BCUT2D eigenvalue weighted by atomic mass is 79.9. The molecule has 1 aromatic carbocycles. The monoisotopic (exact) mass is 376 g/mol. The third-order valence-corrected chi connectivity index (χ3v) is 5.20. The number of nitrogens with zero attached hydrogens (tertiary/aromatic N) is 1. The number of hydrogen-bond donors (Lipinski definition) is 1. The maximum Gasteiger partial charge on any atom is 0.244 e. The zero-order valence-corrected chi connectivity index (χ0v) is 13.3. The van der Waals surface area contributed by atoms with Crippen LogP contribution in [-0.4, -0.2) is 13.4 Å². The molecule has 0 saturated heterocycles. The van der Waals surface area contributed by atoms with E-state index in [4.69, 9.17) is 0 Å². The molecule has 0 fully saturated rings. The van der Waals surface area contributed by atoms with Gasteiger partial charge >= 0.3 is 0 Å². The number of aryl methyl sites for hydroxylation is 1. The summed E-state index contributed by atoms with van der Waals surface area (Å²) in [5.41, 5.74) is 1.52. The van der Waals surface area contributed by atoms with Gasteiger partial charge in [-0.1, -0.05) is 0 Å². The van der Waals surface area contributed by atoms with E-state index in [9.17, 15) is 17.2 Å². The first-order chi connectivity index (χ1) is 9.81. The van der Waals surface area contributed by atoms with E-state index < -0.39 is 26.6 Å². The fourth-order valence-corrected chi connectivity index (χ4v) is 3.88. The SMILES string of the molecule is Cc1ccncc1CNS(=O)(=O)c1c(F)cc(F)cc1Br. The molecule has 0 radical (unpaired) electrons. The van der Waals surface area contributed by atoms with Crippen molar-refractivity contribution in [2.45, 2.75) is 18.4 Å². The second kappa shape index (κ2) is 6.17. The Morgan fingerprint density at radius 2 is 2.05 bits per heavy atom. The fraction of sp³-hybridized carbons (Fsp3) is 0.154. The van der Waals surface area contributed by atoms with Crippen molar-refractivity contribution in [3.8, 4) is 0 Å². The summed E-state index contributed by atoms with van der Waals surface area (Å²) in [7, 11) is -4.12. The van der Waals surface area contributed by atoms with Gasteiger partial charge in [0.25, 0.3) is 0 Å². The third-order valence-electron chi connectivity index (χ3n) is 2.83. The van der Waals surface area contributed by atoms with Gasteiger partial charge in [-0.3, -0.25) is 4.98 Å². The largest absolute Gasteiger partial charge is 0.264 e. The van der Waals surface area contributed by atoms with Crippen LogP contribution in [0.2, 0.25) is 0 Å². The maximum absolute atomic E-state index is 13.7. The standard InChI is InChI=1S/C13H11BrF2N2O2S/c1-8-2-3-17-6-9(8)7-18-21(19,20)13-11(14)4-10(15)5-12(13)16/h2-6,18H,7H2,1H3. The van der Waals surface area contributed by atoms with Crippen molar-refractivity contribution in [3.63, 3.8) is 0 Å². The predicted molar refractivity (Wildman–Crippen MR) is 77.1 cm³/mol. The topological polar surface area (TPSA) is 59.1 Å². The van der Waals surface area contributed by atoms with Gasteiger partial charge in [-0.05, 0) is 46.1 Å². The van der Waals surface area contributed by atoms with Crippen LogP contribution in [0.4, 0.5) is 8.78 Å². The molecule has 0 atom stereocenters. The van der Waals surface area contributed by atoms with Crippen LogP contribution in [0.5, 0.6) is 0 Å². The smallest absolute Gasteiger partial charge is 0.244 e. The van der Waals surface area contributed by atoms with E-state index in [-0.39, 0.29) is 11.0 Å². The molecule has 1 heterocycles. The van der Waals surface area contributed by atoms with Crippen LogP contribution < -0.4 is 4.72 Å². The lowest BCUT2D eigenvalue weighted by atomic mass is 10.2. The summed E-state index contributed by atoms with van der Waals surface area (Å²) < 4.78 is 53.1. The molecule has 1 N–H and O–H groups in total. The molecule has 1 aromatic heterocycles. The van der Waals surface area contributed by atoms with Gasteiger partial charge in [0.15, 0.2) is 0 Å². The number of nitrogens with one attached hydrogen (secondary N) is 1. The van der Waals surface area contributed by atoms with Gasteiger partial charge in [-0.15, -0.1) is 0 Å². The highest BCUT2D eigenvalue weighted by Crippen LogP contribution is 2.26. The van der Waals surface area contributed by atoms with Crippen molar-refractivity contribution in [2.24, 2.45) is 0 Å². The lowest BCUT2D eigenvalue weighted by Gasteiger charge is -2.10. The van der Waals surface area contributed by atoms with Crippen molar-refractivity contribution in [1.29, 1.82) is 0 Å². The Hall–Kier alpha value is -1.38. The Kier molecular flexibility index (Phi) is 4.70. The maximum atomic E-state index is 13.7. The molecule has 112 valence electrons. The molecule has 0 aliphatic heterocycles. The van der Waals surface area contributed by atoms with Gasteiger partial charge in [0, 0.05) is 29.5 Å². The minimum atomic E-state index is -4.12. The Balaban J connectivity index is 2.30. The Labute approximate surface area is 129 Å². The quantitative estimate of drug-likeness (QED) is 0.892. The van der Waals surface area contributed by atoms with E-state index in [0.29, 0.717) is 11.6 Å². The average Bonchev–Trinajstić information content (AvgIpc) is 2.36. The van der Waals surface area contributed by atoms with Crippen LogP contribution in [0.3, 0.4) is 0 Å². The van der Waals surface area contributed by atoms with E-state index >= 15 is 0 Å². The Morgan fingerprint density at radius 3 is 2.67 bits per heavy atom. The van der Waals surface area contributed by atoms with Gasteiger partial charge in [-0.25, -0.2) is 21.9 Å². The van der Waals surface area contributed by atoms with Crippen molar-refractivity contribution in [1.82, 2.24) is 9.71 Å². The first kappa shape index (κ1) is 16.0. The van der Waals surface area contributed by atoms with Crippen LogP contribution in [0.25, 0.3) is 0 Å². The number of aromatic nitrogens is 1. The van der Waals surface area contributed by atoms with Crippen LogP contribution in [0, 0.1) is 18.6 Å². The molecular formula is C13H11BrF2N2O2S. The lowest BCUT2D eigenvalue weighted by molar-refractivity contribution is 0.540. The Bertz CT molecular complexity index is 758. The number of benzene rings is 1. The van der Waals surface area contributed by atoms with Crippen LogP contribution in [0.1, 0.15) is 11.1 Å². The zero-order chi connectivity index (χ0) is 15.6. The minimum absolute atomic E-state index is 0.0364. The molecule has 0 aliphatic rings. The molecule has 8 heteroatoms. The summed E-state index contributed by atoms with van der Waals surface area (Å²) in [5.74, 6) is -2.02. The van der Waals surface area contributed by atoms with Crippen molar-refractivity contribution in [2.75, 3.05) is 0 Å². The molecule has 21 heavy (non-hydrogen) atoms. The molecule has 0 saturated carbocycles. The predicted octanol–water partition coefficient (Wildman–Crippen LogP) is 2.91. The first-order valence-corrected chi connectivity index (χ1v) is 8.12. The molecular weight excluding hydrogens is 366 g/mol. The molecule has 0 bridgehead atoms. The van der Waals surface area contributed by atoms with Crippen molar-refractivity contribution >= 4 is 26.0 Å². The van der Waals surface area contributed by atoms with Gasteiger partial charge in [0.05, 0.1) is 0 Å². The fourth-order valence-electron chi connectivity index (χ4n) is 1.71. The average molecular weight is 377 g/mol. The Morgan fingerprint density at radius 1 is 1.33 bits per heavy atom. The second-order valence-electron chi connectivity index (χ2n) is 4.33. The lowest BCUT2D eigenvalue weighted by Crippen LogP contribution is -2.25. The molecule has 2 rings (SSSR count). The molecule has 0 spiro atoms. The molecule has 0 unspecified atom stereocenters. The summed E-state index contributed by atoms with van der Waals surface area (Å²) in [5, 5.41) is 0. The van der Waals surface area contributed by atoms with E-state index in [1.807, 2.05) is 0 Å². The number of pyridine rings is 1. The highest BCUT2D eigenvalue weighted by Gasteiger charge is 2.23. The molecule has 2 aromatic rings. The van der Waals surface area contributed by atoms with Gasteiger partial charge < -0.3 is 0 Å². The van der Waals surface area contributed by atoms with E-state index in [0.717, 1.165) is 11.6 Å². The zero-order valence-electron chi connectivity index (χ0n) is 10.9. The summed E-state index contributed by atoms with van der Waals surface area (Å²) >= 11 is 2.86. The van der Waals surface area contributed by atoms with E-state index in [1.165, 1.54) is 6.20 Å². The highest BCUT2D eigenvalue weighted by molar-refractivity contribution is 9.10. The van der Waals surface area contributed by atoms with Gasteiger partial charge in [-0.2, -0.15) is 0 Å². The van der Waals surface area contributed by atoms with Crippen LogP contribution >= 0.6 is 15.9 Å². The van der Waals surface area contributed by atoms with Crippen molar-refractivity contribution in [3.05, 3.63) is 57.8 Å². The summed E-state index contributed by atoms with van der Waals surface area (Å²) in [6.07, 6.45) is 3.11. The number of halogens is 3. The number of hydrogen-bond acceptors (Lipinski definition) is 3. The first-order valence-electron chi connectivity index (χ1n) is 5.85. The third kappa shape index (κ3) is 3.63. The van der Waals surface area contributed by atoms with E-state index in [2.05, 4.69) is 25.6 Å². The molecule has 0 amide bonds. The second-order valence-corrected chi connectivity index (χ2v) is 6.88. The molecule has 0 aliphatic carbocycles. The molecule has 4 nitrogen and oxygen atoms in total. The summed E-state index contributed by atoms with van der Waals surface area (Å²) in [4.78, 5) is 3.28. The van der Waals surface area contributed by atoms with Gasteiger partial charge in [0.2, 0.25) is 10.0 Å². The van der Waals surface area contributed by atoms with E-state index in [1.54, 1.807) is 19.2 Å². The number of sulfonamides is 1. The van der Waals surface area contributed by atoms with Crippen molar-refractivity contribution < 1.29 is 17.2 Å². The van der Waals surface area contributed by atoms with Crippen LogP contribution in [0.15, 0.2) is 40.0 Å². The number of rotatable bonds is 4. The van der Waals surface area contributed by atoms with Crippen LogP contribution in [-0.2, 0) is 16.6 Å². The minimum Gasteiger partial charge on any atom is -0.264 e. The summed E-state index contributed by atoms with van der Waals surface area (Å²) in [6.45, 7) is 1.77. The van der Waals surface area contributed by atoms with Gasteiger partial charge in [0.1, 0.15) is 16.5 Å².